The fraction of sp³-hybridized carbons (Fsp3) is 0.0526. The van der Waals surface area contributed by atoms with Gasteiger partial charge >= 0.3 is 0 Å². The number of fused-ring (bicyclic) bond motifs is 2. The third kappa shape index (κ3) is 4.58. The molecule has 182 valence electrons. The molecule has 38 heavy (non-hydrogen) atoms. The molecule has 0 saturated heterocycles. The van der Waals surface area contributed by atoms with Crippen LogP contribution >= 0.6 is 0 Å². The maximum atomic E-state index is 2.31. The Bertz CT molecular complexity index is 1670. The Morgan fingerprint density at radius 2 is 0.711 bits per heavy atom. The third-order valence-electron chi connectivity index (χ3n) is 7.41. The molecule has 0 spiro atoms. The Labute approximate surface area is 225 Å². The molecule has 0 radical (unpaired) electrons. The van der Waals surface area contributed by atoms with Gasteiger partial charge in [-0.15, -0.1) is 0 Å². The van der Waals surface area contributed by atoms with Gasteiger partial charge in [-0.3, -0.25) is 0 Å². The molecule has 6 rings (SSSR count). The number of hydrogen-bond acceptors (Lipinski definition) is 0. The molecule has 0 bridgehead atoms. The summed E-state index contributed by atoms with van der Waals surface area (Å²) in [5.74, 6) is 0. The van der Waals surface area contributed by atoms with E-state index < -0.39 is 0 Å². The van der Waals surface area contributed by atoms with Crippen LogP contribution in [0.2, 0.25) is 0 Å². The molecule has 0 unspecified atom stereocenters. The minimum atomic E-state index is 1.24. The highest BCUT2D eigenvalue weighted by Crippen LogP contribution is 2.38. The molecular formula is C38H30. The SMILES string of the molecule is CC(=Cc1ccc(-c2ccc(C=C(C)c3ccccc3)c3ccccc23)c2ccccc12)c1ccccc1. The lowest BCUT2D eigenvalue weighted by atomic mass is 9.89. The van der Waals surface area contributed by atoms with Crippen molar-refractivity contribution in [3.63, 3.8) is 0 Å². The van der Waals surface area contributed by atoms with Gasteiger partial charge in [-0.05, 0) is 79.9 Å². The van der Waals surface area contributed by atoms with E-state index in [-0.39, 0.29) is 0 Å². The summed E-state index contributed by atoms with van der Waals surface area (Å²) in [7, 11) is 0. The summed E-state index contributed by atoms with van der Waals surface area (Å²) >= 11 is 0. The number of benzene rings is 6. The lowest BCUT2D eigenvalue weighted by molar-refractivity contribution is 1.57. The van der Waals surface area contributed by atoms with E-state index in [1.165, 1.54) is 66.1 Å². The van der Waals surface area contributed by atoms with E-state index in [1.54, 1.807) is 0 Å². The zero-order chi connectivity index (χ0) is 25.9. The lowest BCUT2D eigenvalue weighted by Gasteiger charge is -2.14. The van der Waals surface area contributed by atoms with Crippen LogP contribution in [0.15, 0.2) is 133 Å². The first-order valence-electron chi connectivity index (χ1n) is 13.2. The van der Waals surface area contributed by atoms with Gasteiger partial charge in [0.25, 0.3) is 0 Å². The van der Waals surface area contributed by atoms with Crippen molar-refractivity contribution in [3.8, 4) is 11.1 Å². The number of allylic oxidation sites excluding steroid dienone is 2. The predicted molar refractivity (Wildman–Crippen MR) is 167 cm³/mol. The first kappa shape index (κ1) is 23.7. The van der Waals surface area contributed by atoms with Crippen molar-refractivity contribution in [1.82, 2.24) is 0 Å². The molecule has 0 aromatic heterocycles. The van der Waals surface area contributed by atoms with Crippen molar-refractivity contribution in [2.75, 3.05) is 0 Å². The van der Waals surface area contributed by atoms with Gasteiger partial charge in [-0.1, -0.05) is 146 Å². The summed E-state index contributed by atoms with van der Waals surface area (Å²) in [6.45, 7) is 4.38. The molecule has 0 aliphatic carbocycles. The molecule has 0 nitrogen and oxygen atoms in total. The molecule has 6 aromatic rings. The number of rotatable bonds is 5. The Hall–Kier alpha value is -4.68. The van der Waals surface area contributed by atoms with Crippen LogP contribution in [-0.2, 0) is 0 Å². The molecule has 0 heterocycles. The second-order valence-corrected chi connectivity index (χ2v) is 9.88. The van der Waals surface area contributed by atoms with Crippen LogP contribution in [0.5, 0.6) is 0 Å². The Morgan fingerprint density at radius 1 is 0.368 bits per heavy atom. The summed E-state index contributed by atoms with van der Waals surface area (Å²) in [5, 5.41) is 5.09. The van der Waals surface area contributed by atoms with Crippen molar-refractivity contribution >= 4 is 44.8 Å². The molecule has 0 fully saturated rings. The standard InChI is InChI=1S/C38H30/c1-27(29-13-5-3-6-14-29)25-31-21-23-37(35-19-11-9-17-33(31)35)38-24-22-32(34-18-10-12-20-36(34)38)26-28(2)30-15-7-4-8-16-30/h3-26H,1-2H3. The van der Waals surface area contributed by atoms with Gasteiger partial charge in [-0.2, -0.15) is 0 Å². The molecule has 0 N–H and O–H groups in total. The van der Waals surface area contributed by atoms with E-state index in [0.29, 0.717) is 0 Å². The van der Waals surface area contributed by atoms with E-state index in [0.717, 1.165) is 0 Å². The monoisotopic (exact) mass is 486 g/mol. The van der Waals surface area contributed by atoms with E-state index in [4.69, 9.17) is 0 Å². The third-order valence-corrected chi connectivity index (χ3v) is 7.41. The number of hydrogen-bond donors (Lipinski definition) is 0. The van der Waals surface area contributed by atoms with Gasteiger partial charge in [0.2, 0.25) is 0 Å². The molecule has 6 aromatic carbocycles. The average Bonchev–Trinajstić information content (AvgIpc) is 2.98. The van der Waals surface area contributed by atoms with Crippen LogP contribution in [0, 0.1) is 0 Å². The largest absolute Gasteiger partial charge is 0.0622 e. The summed E-state index contributed by atoms with van der Waals surface area (Å²) in [4.78, 5) is 0. The van der Waals surface area contributed by atoms with Gasteiger partial charge in [0.05, 0.1) is 0 Å². The zero-order valence-electron chi connectivity index (χ0n) is 21.9. The van der Waals surface area contributed by atoms with Crippen LogP contribution in [0.25, 0.3) is 56.0 Å². The fourth-order valence-corrected chi connectivity index (χ4v) is 5.40. The topological polar surface area (TPSA) is 0 Å². The van der Waals surface area contributed by atoms with Crippen molar-refractivity contribution in [2.24, 2.45) is 0 Å². The molecule has 0 heteroatoms. The van der Waals surface area contributed by atoms with Gasteiger partial charge in [0, 0.05) is 0 Å². The quantitative estimate of drug-likeness (QED) is 0.213. The Balaban J connectivity index is 1.49. The zero-order valence-corrected chi connectivity index (χ0v) is 21.9. The summed E-state index contributed by atoms with van der Waals surface area (Å²) in [6, 6.07) is 47.9. The second kappa shape index (κ2) is 10.4. The molecule has 0 atom stereocenters. The van der Waals surface area contributed by atoms with Crippen LogP contribution in [0.1, 0.15) is 36.1 Å². The predicted octanol–water partition coefficient (Wildman–Crippen LogP) is 10.8. The minimum absolute atomic E-state index is 1.24. The normalized spacial score (nSPS) is 12.3. The van der Waals surface area contributed by atoms with Crippen molar-refractivity contribution in [2.45, 2.75) is 13.8 Å². The van der Waals surface area contributed by atoms with Crippen molar-refractivity contribution in [1.29, 1.82) is 0 Å². The Morgan fingerprint density at radius 3 is 1.11 bits per heavy atom. The maximum Gasteiger partial charge on any atom is -0.00987 e. The summed E-state index contributed by atoms with van der Waals surface area (Å²) in [5.41, 5.74) is 10.0. The highest BCUT2D eigenvalue weighted by atomic mass is 14.2. The van der Waals surface area contributed by atoms with Crippen LogP contribution in [0.4, 0.5) is 0 Å². The maximum absolute atomic E-state index is 2.31. The second-order valence-electron chi connectivity index (χ2n) is 9.88. The van der Waals surface area contributed by atoms with E-state index in [2.05, 4.69) is 159 Å². The fourth-order valence-electron chi connectivity index (χ4n) is 5.40. The van der Waals surface area contributed by atoms with Crippen LogP contribution < -0.4 is 0 Å². The first-order chi connectivity index (χ1) is 18.7. The highest BCUT2D eigenvalue weighted by Gasteiger charge is 2.12. The molecule has 0 amide bonds. The van der Waals surface area contributed by atoms with Crippen molar-refractivity contribution < 1.29 is 0 Å². The van der Waals surface area contributed by atoms with Crippen LogP contribution in [-0.4, -0.2) is 0 Å². The minimum Gasteiger partial charge on any atom is -0.0622 e. The molecule has 0 aliphatic rings. The van der Waals surface area contributed by atoms with E-state index in [9.17, 15) is 0 Å². The van der Waals surface area contributed by atoms with Crippen molar-refractivity contribution in [3.05, 3.63) is 156 Å². The van der Waals surface area contributed by atoms with Gasteiger partial charge in [0.15, 0.2) is 0 Å². The molecule has 0 saturated carbocycles. The highest BCUT2D eigenvalue weighted by molar-refractivity contribution is 6.10. The van der Waals surface area contributed by atoms with Gasteiger partial charge < -0.3 is 0 Å². The molecule has 0 aliphatic heterocycles. The lowest BCUT2D eigenvalue weighted by Crippen LogP contribution is -1.89. The van der Waals surface area contributed by atoms with E-state index >= 15 is 0 Å². The smallest absolute Gasteiger partial charge is 0.00987 e. The Kier molecular flexibility index (Phi) is 6.46. The summed E-state index contributed by atoms with van der Waals surface area (Å²) < 4.78 is 0. The van der Waals surface area contributed by atoms with Crippen LogP contribution in [0.3, 0.4) is 0 Å². The molecular weight excluding hydrogens is 456 g/mol. The van der Waals surface area contributed by atoms with Gasteiger partial charge in [0.1, 0.15) is 0 Å². The first-order valence-corrected chi connectivity index (χ1v) is 13.2. The van der Waals surface area contributed by atoms with E-state index in [1.807, 2.05) is 0 Å². The summed E-state index contributed by atoms with van der Waals surface area (Å²) in [6.07, 6.45) is 4.61. The average molecular weight is 487 g/mol. The van der Waals surface area contributed by atoms with Gasteiger partial charge in [-0.25, -0.2) is 0 Å².